The topological polar surface area (TPSA) is 99.2 Å². The molecule has 33 heavy (non-hydrogen) atoms. The Bertz CT molecular complexity index is 751. The first-order valence-electron chi connectivity index (χ1n) is 10.8. The Hall–Kier alpha value is -2.82. The van der Waals surface area contributed by atoms with Gasteiger partial charge in [0.15, 0.2) is 0 Å². The van der Waals surface area contributed by atoms with E-state index in [-0.39, 0.29) is 11.8 Å². The molecule has 0 aliphatic carbocycles. The molecule has 0 spiro atoms. The van der Waals surface area contributed by atoms with Crippen molar-refractivity contribution >= 4 is 17.8 Å². The van der Waals surface area contributed by atoms with Gasteiger partial charge in [-0.3, -0.25) is 9.59 Å². The number of carbonyl (C=O) groups excluding carboxylic acids is 2. The molecule has 1 aliphatic heterocycles. The lowest BCUT2D eigenvalue weighted by molar-refractivity contribution is -0.192. The van der Waals surface area contributed by atoms with Gasteiger partial charge in [0.05, 0.1) is 7.11 Å². The number of halogens is 3. The van der Waals surface area contributed by atoms with E-state index < -0.39 is 12.1 Å². The van der Waals surface area contributed by atoms with Crippen LogP contribution in [-0.2, 0) is 9.59 Å². The maximum Gasteiger partial charge on any atom is 0.490 e. The molecule has 2 rings (SSSR count). The van der Waals surface area contributed by atoms with Gasteiger partial charge in [-0.05, 0) is 30.7 Å². The van der Waals surface area contributed by atoms with E-state index in [4.69, 9.17) is 14.6 Å². The number of hydrogen-bond donors (Lipinski definition) is 2. The standard InChI is InChI=1S/C20H31N3O3.C2HF3O2/c1-3-4-5-13-23(14-10-19(24)22-15-11-21-12-16-22)20(25)17-6-8-18(26-2)9-7-17;3-2(4,5)1(6)7/h6-9,21H,3-5,10-16H2,1-2H3;(H,6,7). The van der Waals surface area contributed by atoms with E-state index in [1.807, 2.05) is 9.80 Å². The van der Waals surface area contributed by atoms with Gasteiger partial charge >= 0.3 is 12.1 Å². The highest BCUT2D eigenvalue weighted by molar-refractivity contribution is 5.94. The number of unbranched alkanes of at least 4 members (excludes halogenated alkanes) is 2. The van der Waals surface area contributed by atoms with Crippen molar-refractivity contribution in [2.24, 2.45) is 0 Å². The molecule has 1 saturated heterocycles. The summed E-state index contributed by atoms with van der Waals surface area (Å²) in [5, 5.41) is 10.4. The molecule has 1 aliphatic rings. The molecule has 0 saturated carbocycles. The van der Waals surface area contributed by atoms with Gasteiger partial charge in [-0.15, -0.1) is 0 Å². The first-order valence-corrected chi connectivity index (χ1v) is 10.8. The Morgan fingerprint density at radius 2 is 1.67 bits per heavy atom. The smallest absolute Gasteiger partial charge is 0.490 e. The highest BCUT2D eigenvalue weighted by Gasteiger charge is 2.38. The number of carboxylic acids is 1. The molecule has 2 N–H and O–H groups in total. The number of amides is 2. The van der Waals surface area contributed by atoms with Gasteiger partial charge in [-0.2, -0.15) is 13.2 Å². The molecule has 8 nitrogen and oxygen atoms in total. The van der Waals surface area contributed by atoms with Crippen LogP contribution in [0.5, 0.6) is 5.75 Å². The normalized spacial score (nSPS) is 13.5. The van der Waals surface area contributed by atoms with Crippen LogP contribution in [0.25, 0.3) is 0 Å². The van der Waals surface area contributed by atoms with E-state index in [1.165, 1.54) is 0 Å². The quantitative estimate of drug-likeness (QED) is 0.533. The van der Waals surface area contributed by atoms with Crippen LogP contribution in [0.4, 0.5) is 13.2 Å². The van der Waals surface area contributed by atoms with Crippen molar-refractivity contribution in [3.05, 3.63) is 29.8 Å². The number of hydrogen-bond acceptors (Lipinski definition) is 5. The highest BCUT2D eigenvalue weighted by Crippen LogP contribution is 2.15. The van der Waals surface area contributed by atoms with Crippen LogP contribution in [0, 0.1) is 0 Å². The van der Waals surface area contributed by atoms with Crippen molar-refractivity contribution in [1.82, 2.24) is 15.1 Å². The van der Waals surface area contributed by atoms with E-state index in [9.17, 15) is 22.8 Å². The van der Waals surface area contributed by atoms with E-state index in [0.29, 0.717) is 25.1 Å². The number of methoxy groups -OCH3 is 1. The molecular weight excluding hydrogens is 443 g/mol. The van der Waals surface area contributed by atoms with Crippen molar-refractivity contribution < 1.29 is 37.4 Å². The number of rotatable bonds is 9. The summed E-state index contributed by atoms with van der Waals surface area (Å²) in [6.45, 7) is 6.49. The Labute approximate surface area is 191 Å². The number of ether oxygens (including phenoxy) is 1. The molecule has 0 radical (unpaired) electrons. The minimum absolute atomic E-state index is 0.0168. The Balaban J connectivity index is 0.000000675. The molecule has 1 fully saturated rings. The van der Waals surface area contributed by atoms with Gasteiger partial charge < -0.3 is 25.0 Å². The second-order valence-electron chi connectivity index (χ2n) is 7.41. The molecule has 2 amide bonds. The number of nitrogens with zero attached hydrogens (tertiary/aromatic N) is 2. The average Bonchev–Trinajstić information content (AvgIpc) is 2.81. The molecule has 0 aromatic heterocycles. The SMILES string of the molecule is CCCCCN(CCC(=O)N1CCNCC1)C(=O)c1ccc(OC)cc1.O=C(O)C(F)(F)F. The third kappa shape index (κ3) is 10.6. The van der Waals surface area contributed by atoms with E-state index in [1.54, 1.807) is 31.4 Å². The predicted octanol–water partition coefficient (Wildman–Crippen LogP) is 2.78. The maximum atomic E-state index is 12.9. The second-order valence-corrected chi connectivity index (χ2v) is 7.41. The van der Waals surface area contributed by atoms with Crippen LogP contribution in [0.1, 0.15) is 43.0 Å². The molecule has 0 atom stereocenters. The van der Waals surface area contributed by atoms with E-state index in [0.717, 1.165) is 51.2 Å². The highest BCUT2D eigenvalue weighted by atomic mass is 19.4. The van der Waals surface area contributed by atoms with Gasteiger partial charge in [-0.1, -0.05) is 19.8 Å². The van der Waals surface area contributed by atoms with Crippen LogP contribution in [0.2, 0.25) is 0 Å². The number of piperazine rings is 1. The monoisotopic (exact) mass is 475 g/mol. The van der Waals surface area contributed by atoms with Gasteiger partial charge in [0, 0.05) is 51.3 Å². The van der Waals surface area contributed by atoms with Crippen LogP contribution < -0.4 is 10.1 Å². The van der Waals surface area contributed by atoms with Crippen molar-refractivity contribution in [2.45, 2.75) is 38.8 Å². The number of nitrogens with one attached hydrogen (secondary N) is 1. The first-order chi connectivity index (χ1) is 15.6. The van der Waals surface area contributed by atoms with E-state index in [2.05, 4.69) is 12.2 Å². The zero-order chi connectivity index (χ0) is 24.9. The van der Waals surface area contributed by atoms with Gasteiger partial charge in [-0.25, -0.2) is 4.79 Å². The van der Waals surface area contributed by atoms with Crippen LogP contribution >= 0.6 is 0 Å². The number of alkyl halides is 3. The summed E-state index contributed by atoms with van der Waals surface area (Å²) in [5.41, 5.74) is 0.636. The number of aliphatic carboxylic acids is 1. The zero-order valence-electron chi connectivity index (χ0n) is 19.0. The number of carboxylic acid groups (broad SMARTS) is 1. The summed E-state index contributed by atoms with van der Waals surface area (Å²) in [6.07, 6.45) is -1.56. The minimum atomic E-state index is -5.08. The summed E-state index contributed by atoms with van der Waals surface area (Å²) < 4.78 is 36.9. The lowest BCUT2D eigenvalue weighted by Gasteiger charge is -2.29. The van der Waals surface area contributed by atoms with Crippen molar-refractivity contribution in [3.63, 3.8) is 0 Å². The summed E-state index contributed by atoms with van der Waals surface area (Å²) in [5.74, 6) is -1.91. The molecule has 1 heterocycles. The van der Waals surface area contributed by atoms with Gasteiger partial charge in [0.2, 0.25) is 5.91 Å². The fraction of sp³-hybridized carbons (Fsp3) is 0.591. The van der Waals surface area contributed by atoms with Crippen molar-refractivity contribution in [3.8, 4) is 5.75 Å². The molecule has 186 valence electrons. The third-order valence-corrected chi connectivity index (χ3v) is 4.96. The number of carbonyl (C=O) groups is 3. The molecule has 0 unspecified atom stereocenters. The average molecular weight is 476 g/mol. The van der Waals surface area contributed by atoms with Gasteiger partial charge in [0.25, 0.3) is 5.91 Å². The summed E-state index contributed by atoms with van der Waals surface area (Å²) in [4.78, 5) is 37.9. The Kier molecular flexibility index (Phi) is 12.3. The fourth-order valence-electron chi connectivity index (χ4n) is 3.09. The molecular formula is C22H32F3N3O5. The molecule has 11 heteroatoms. The summed E-state index contributed by atoms with van der Waals surface area (Å²) in [6, 6.07) is 7.16. The fourth-order valence-corrected chi connectivity index (χ4v) is 3.09. The largest absolute Gasteiger partial charge is 0.497 e. The number of benzene rings is 1. The second kappa shape index (κ2) is 14.4. The third-order valence-electron chi connectivity index (χ3n) is 4.96. The van der Waals surface area contributed by atoms with Gasteiger partial charge in [0.1, 0.15) is 5.75 Å². The predicted molar refractivity (Wildman–Crippen MR) is 116 cm³/mol. The lowest BCUT2D eigenvalue weighted by Crippen LogP contribution is -2.47. The minimum Gasteiger partial charge on any atom is -0.497 e. The maximum absolute atomic E-state index is 12.9. The van der Waals surface area contributed by atoms with Crippen molar-refractivity contribution in [1.29, 1.82) is 0 Å². The molecule has 1 aromatic carbocycles. The van der Waals surface area contributed by atoms with Crippen LogP contribution in [0.3, 0.4) is 0 Å². The van der Waals surface area contributed by atoms with E-state index >= 15 is 0 Å². The zero-order valence-corrected chi connectivity index (χ0v) is 19.0. The molecule has 1 aromatic rings. The Morgan fingerprint density at radius 3 is 2.15 bits per heavy atom. The first kappa shape index (κ1) is 28.2. The Morgan fingerprint density at radius 1 is 1.09 bits per heavy atom. The summed E-state index contributed by atoms with van der Waals surface area (Å²) in [7, 11) is 1.61. The molecule has 0 bridgehead atoms. The van der Waals surface area contributed by atoms with Crippen molar-refractivity contribution in [2.75, 3.05) is 46.4 Å². The van der Waals surface area contributed by atoms with Crippen LogP contribution in [-0.4, -0.2) is 85.2 Å². The summed E-state index contributed by atoms with van der Waals surface area (Å²) >= 11 is 0. The van der Waals surface area contributed by atoms with Crippen LogP contribution in [0.15, 0.2) is 24.3 Å². The lowest BCUT2D eigenvalue weighted by atomic mass is 10.1.